The van der Waals surface area contributed by atoms with E-state index in [1.807, 2.05) is 0 Å². The maximum absolute atomic E-state index is 13.1. The molecule has 0 aliphatic rings. The molecule has 0 saturated heterocycles. The first-order valence-electron chi connectivity index (χ1n) is 6.18. The number of nitrogens with one attached hydrogen (secondary N) is 2. The summed E-state index contributed by atoms with van der Waals surface area (Å²) in [5.74, 6) is 0.948. The Bertz CT molecular complexity index is 649. The van der Waals surface area contributed by atoms with Crippen LogP contribution in [0.4, 0.5) is 15.8 Å². The molecule has 0 aromatic heterocycles. The lowest BCUT2D eigenvalue weighted by molar-refractivity contribution is 0.395. The molecule has 0 heterocycles. The van der Waals surface area contributed by atoms with Crippen LogP contribution < -0.4 is 20.1 Å². The van der Waals surface area contributed by atoms with Gasteiger partial charge in [0.15, 0.2) is 5.11 Å². The number of rotatable bonds is 4. The zero-order valence-corrected chi connectivity index (χ0v) is 12.5. The second-order valence-electron chi connectivity index (χ2n) is 4.16. The van der Waals surface area contributed by atoms with Crippen LogP contribution in [0.1, 0.15) is 0 Å². The highest BCUT2D eigenvalue weighted by atomic mass is 32.1. The van der Waals surface area contributed by atoms with Crippen molar-refractivity contribution in [3.63, 3.8) is 0 Å². The quantitative estimate of drug-likeness (QED) is 0.844. The second kappa shape index (κ2) is 6.90. The molecule has 110 valence electrons. The lowest BCUT2D eigenvalue weighted by atomic mass is 10.2. The fourth-order valence-corrected chi connectivity index (χ4v) is 1.98. The summed E-state index contributed by atoms with van der Waals surface area (Å²) in [6, 6.07) is 11.4. The number of ether oxygens (including phenoxy) is 2. The third-order valence-corrected chi connectivity index (χ3v) is 2.94. The van der Waals surface area contributed by atoms with E-state index in [2.05, 4.69) is 10.6 Å². The van der Waals surface area contributed by atoms with Crippen molar-refractivity contribution in [2.75, 3.05) is 24.9 Å². The minimum absolute atomic E-state index is 0.329. The van der Waals surface area contributed by atoms with E-state index in [4.69, 9.17) is 21.7 Å². The monoisotopic (exact) mass is 306 g/mol. The maximum Gasteiger partial charge on any atom is 0.175 e. The largest absolute Gasteiger partial charge is 0.497 e. The molecule has 0 aliphatic carbocycles. The standard InChI is InChI=1S/C15H15FN2O2S/c1-19-12-6-7-13(14(9-12)20-2)18-15(21)17-11-5-3-4-10(16)8-11/h3-9H,1-2H3,(H2,17,18,21). The molecule has 0 aliphatic heterocycles. The normalized spacial score (nSPS) is 9.86. The molecular formula is C15H15FN2O2S. The molecule has 2 N–H and O–H groups in total. The third kappa shape index (κ3) is 4.06. The summed E-state index contributed by atoms with van der Waals surface area (Å²) in [4.78, 5) is 0. The smallest absolute Gasteiger partial charge is 0.175 e. The Hall–Kier alpha value is -2.34. The van der Waals surface area contributed by atoms with Crippen LogP contribution in [0.5, 0.6) is 11.5 Å². The Morgan fingerprint density at radius 1 is 1.05 bits per heavy atom. The number of halogens is 1. The SMILES string of the molecule is COc1ccc(NC(=S)Nc2cccc(F)c2)c(OC)c1. The molecule has 0 unspecified atom stereocenters. The maximum atomic E-state index is 13.1. The van der Waals surface area contributed by atoms with Crippen LogP contribution in [-0.2, 0) is 0 Å². The third-order valence-electron chi connectivity index (χ3n) is 2.74. The summed E-state index contributed by atoms with van der Waals surface area (Å²) < 4.78 is 23.5. The Balaban J connectivity index is 2.09. The summed E-state index contributed by atoms with van der Waals surface area (Å²) in [6.07, 6.45) is 0. The Labute approximate surface area is 127 Å². The van der Waals surface area contributed by atoms with Crippen molar-refractivity contribution in [1.82, 2.24) is 0 Å². The van der Waals surface area contributed by atoms with E-state index in [1.165, 1.54) is 12.1 Å². The number of benzene rings is 2. The number of thiocarbonyl (C=S) groups is 1. The van der Waals surface area contributed by atoms with Crippen molar-refractivity contribution in [2.45, 2.75) is 0 Å². The van der Waals surface area contributed by atoms with Gasteiger partial charge in [0.25, 0.3) is 0 Å². The average Bonchev–Trinajstić information content (AvgIpc) is 2.47. The van der Waals surface area contributed by atoms with Crippen LogP contribution in [-0.4, -0.2) is 19.3 Å². The number of methoxy groups -OCH3 is 2. The van der Waals surface area contributed by atoms with Crippen molar-refractivity contribution in [1.29, 1.82) is 0 Å². The van der Waals surface area contributed by atoms with Gasteiger partial charge in [-0.3, -0.25) is 0 Å². The topological polar surface area (TPSA) is 42.5 Å². The highest BCUT2D eigenvalue weighted by Crippen LogP contribution is 2.29. The molecule has 21 heavy (non-hydrogen) atoms. The Kier molecular flexibility index (Phi) is 4.94. The van der Waals surface area contributed by atoms with Crippen LogP contribution >= 0.6 is 12.2 Å². The molecule has 0 spiro atoms. The molecule has 0 bridgehead atoms. The molecule has 0 amide bonds. The molecule has 0 radical (unpaired) electrons. The highest BCUT2D eigenvalue weighted by molar-refractivity contribution is 7.80. The van der Waals surface area contributed by atoms with Gasteiger partial charge in [-0.15, -0.1) is 0 Å². The number of hydrogen-bond acceptors (Lipinski definition) is 3. The van der Waals surface area contributed by atoms with E-state index in [9.17, 15) is 4.39 Å². The summed E-state index contributed by atoms with van der Waals surface area (Å²) in [6.45, 7) is 0. The van der Waals surface area contributed by atoms with Gasteiger partial charge < -0.3 is 20.1 Å². The fraction of sp³-hybridized carbons (Fsp3) is 0.133. The van der Waals surface area contributed by atoms with Crippen molar-refractivity contribution in [3.05, 3.63) is 48.3 Å². The molecule has 2 aromatic rings. The average molecular weight is 306 g/mol. The minimum Gasteiger partial charge on any atom is -0.497 e. The zero-order chi connectivity index (χ0) is 15.2. The van der Waals surface area contributed by atoms with Gasteiger partial charge in [0.1, 0.15) is 17.3 Å². The zero-order valence-electron chi connectivity index (χ0n) is 11.6. The van der Waals surface area contributed by atoms with Gasteiger partial charge >= 0.3 is 0 Å². The highest BCUT2D eigenvalue weighted by Gasteiger charge is 2.07. The van der Waals surface area contributed by atoms with Crippen LogP contribution in [0.3, 0.4) is 0 Å². The summed E-state index contributed by atoms with van der Waals surface area (Å²) in [5.41, 5.74) is 1.26. The molecule has 0 fully saturated rings. The molecule has 0 saturated carbocycles. The predicted molar refractivity (Wildman–Crippen MR) is 85.8 cm³/mol. The van der Waals surface area contributed by atoms with Gasteiger partial charge in [-0.2, -0.15) is 0 Å². The lowest BCUT2D eigenvalue weighted by Gasteiger charge is -2.14. The first-order valence-corrected chi connectivity index (χ1v) is 6.59. The molecule has 6 heteroatoms. The van der Waals surface area contributed by atoms with Gasteiger partial charge in [-0.05, 0) is 42.5 Å². The Morgan fingerprint density at radius 3 is 2.52 bits per heavy atom. The number of hydrogen-bond donors (Lipinski definition) is 2. The molecule has 2 aromatic carbocycles. The predicted octanol–water partition coefficient (Wildman–Crippen LogP) is 3.65. The molecule has 4 nitrogen and oxygen atoms in total. The summed E-state index contributed by atoms with van der Waals surface area (Å²) in [5, 5.41) is 6.24. The van der Waals surface area contributed by atoms with Gasteiger partial charge in [0.05, 0.1) is 19.9 Å². The van der Waals surface area contributed by atoms with Crippen LogP contribution in [0.15, 0.2) is 42.5 Å². The van der Waals surface area contributed by atoms with Gasteiger partial charge in [0.2, 0.25) is 0 Å². The first kappa shape index (κ1) is 15.1. The van der Waals surface area contributed by atoms with E-state index >= 15 is 0 Å². The molecular weight excluding hydrogens is 291 g/mol. The summed E-state index contributed by atoms with van der Waals surface area (Å²) in [7, 11) is 3.14. The van der Waals surface area contributed by atoms with Crippen molar-refractivity contribution < 1.29 is 13.9 Å². The van der Waals surface area contributed by atoms with E-state index < -0.39 is 0 Å². The van der Waals surface area contributed by atoms with Crippen LogP contribution in [0, 0.1) is 5.82 Å². The van der Waals surface area contributed by atoms with Gasteiger partial charge in [-0.1, -0.05) is 6.07 Å². The van der Waals surface area contributed by atoms with E-state index in [1.54, 1.807) is 44.6 Å². The van der Waals surface area contributed by atoms with Gasteiger partial charge in [-0.25, -0.2) is 4.39 Å². The van der Waals surface area contributed by atoms with Crippen LogP contribution in [0.25, 0.3) is 0 Å². The van der Waals surface area contributed by atoms with E-state index in [0.717, 1.165) is 0 Å². The van der Waals surface area contributed by atoms with Crippen molar-refractivity contribution >= 4 is 28.7 Å². The van der Waals surface area contributed by atoms with Crippen molar-refractivity contribution in [2.24, 2.45) is 0 Å². The minimum atomic E-state index is -0.329. The lowest BCUT2D eigenvalue weighted by Crippen LogP contribution is -2.19. The van der Waals surface area contributed by atoms with E-state index in [0.29, 0.717) is 28.0 Å². The van der Waals surface area contributed by atoms with E-state index in [-0.39, 0.29) is 5.82 Å². The summed E-state index contributed by atoms with van der Waals surface area (Å²) >= 11 is 5.20. The van der Waals surface area contributed by atoms with Crippen LogP contribution in [0.2, 0.25) is 0 Å². The van der Waals surface area contributed by atoms with Gasteiger partial charge in [0, 0.05) is 11.8 Å². The van der Waals surface area contributed by atoms with Crippen molar-refractivity contribution in [3.8, 4) is 11.5 Å². The Morgan fingerprint density at radius 2 is 1.86 bits per heavy atom. The first-order chi connectivity index (χ1) is 10.1. The second-order valence-corrected chi connectivity index (χ2v) is 4.56. The molecule has 0 atom stereocenters. The molecule has 2 rings (SSSR count). The fourth-order valence-electron chi connectivity index (χ4n) is 1.75. The number of anilines is 2.